The van der Waals surface area contributed by atoms with Crippen LogP contribution in [0.4, 0.5) is 4.39 Å². The summed E-state index contributed by atoms with van der Waals surface area (Å²) in [5.41, 5.74) is 0.0106. The van der Waals surface area contributed by atoms with Crippen LogP contribution in [0.2, 0.25) is 0 Å². The fourth-order valence-corrected chi connectivity index (χ4v) is 4.04. The highest BCUT2D eigenvalue weighted by molar-refractivity contribution is 7.18. The van der Waals surface area contributed by atoms with Crippen molar-refractivity contribution in [2.75, 3.05) is 6.61 Å². The van der Waals surface area contributed by atoms with Crippen LogP contribution in [-0.2, 0) is 14.9 Å². The maximum absolute atomic E-state index is 13.3. The zero-order valence-corrected chi connectivity index (χ0v) is 12.1. The highest BCUT2D eigenvalue weighted by Crippen LogP contribution is 2.44. The van der Waals surface area contributed by atoms with Crippen molar-refractivity contribution in [2.24, 2.45) is 0 Å². The molecule has 0 amide bonds. The van der Waals surface area contributed by atoms with E-state index in [0.717, 1.165) is 35.4 Å². The summed E-state index contributed by atoms with van der Waals surface area (Å²) in [6, 6.07) is 4.57. The van der Waals surface area contributed by atoms with Crippen LogP contribution in [0.1, 0.15) is 37.6 Å². The smallest absolute Gasteiger partial charge is 0.319 e. The van der Waals surface area contributed by atoms with E-state index in [1.165, 1.54) is 23.5 Å². The number of hydrogen-bond acceptors (Lipinski definition) is 4. The van der Waals surface area contributed by atoms with Gasteiger partial charge in [-0.2, -0.15) is 0 Å². The van der Waals surface area contributed by atoms with Crippen molar-refractivity contribution in [3.05, 3.63) is 29.0 Å². The molecule has 1 heterocycles. The summed E-state index contributed by atoms with van der Waals surface area (Å²) in [7, 11) is 0. The Balaban J connectivity index is 2.07. The summed E-state index contributed by atoms with van der Waals surface area (Å²) in [5.74, 6) is -0.483. The lowest BCUT2D eigenvalue weighted by Gasteiger charge is -2.23. The molecule has 0 aliphatic heterocycles. The standard InChI is InChI=1S/C15H16FNO2S/c1-2-19-14(18)15(7-3-4-8-15)13-17-11-9-10(16)5-6-12(11)20-13/h5-6,9H,2-4,7-8H2,1H3. The van der Waals surface area contributed by atoms with E-state index in [4.69, 9.17) is 4.74 Å². The van der Waals surface area contributed by atoms with E-state index in [0.29, 0.717) is 12.1 Å². The largest absolute Gasteiger partial charge is 0.465 e. The number of carbonyl (C=O) groups excluding carboxylic acids is 1. The number of aromatic nitrogens is 1. The first-order chi connectivity index (χ1) is 9.65. The molecule has 0 saturated heterocycles. The van der Waals surface area contributed by atoms with Crippen LogP contribution in [0.25, 0.3) is 10.2 Å². The van der Waals surface area contributed by atoms with Gasteiger partial charge in [0.25, 0.3) is 0 Å². The molecule has 0 spiro atoms. The zero-order valence-electron chi connectivity index (χ0n) is 11.3. The second kappa shape index (κ2) is 5.13. The Labute approximate surface area is 120 Å². The number of benzene rings is 1. The van der Waals surface area contributed by atoms with Crippen LogP contribution in [-0.4, -0.2) is 17.6 Å². The second-order valence-corrected chi connectivity index (χ2v) is 6.17. The number of hydrogen-bond donors (Lipinski definition) is 0. The van der Waals surface area contributed by atoms with Crippen molar-refractivity contribution in [3.63, 3.8) is 0 Å². The van der Waals surface area contributed by atoms with Crippen LogP contribution < -0.4 is 0 Å². The minimum atomic E-state index is -0.615. The topological polar surface area (TPSA) is 39.2 Å². The average molecular weight is 293 g/mol. The number of ether oxygens (including phenoxy) is 1. The number of halogens is 1. The molecule has 2 aromatic rings. The van der Waals surface area contributed by atoms with Crippen molar-refractivity contribution in [1.82, 2.24) is 4.98 Å². The molecule has 3 rings (SSSR count). The van der Waals surface area contributed by atoms with Crippen molar-refractivity contribution in [3.8, 4) is 0 Å². The van der Waals surface area contributed by atoms with E-state index < -0.39 is 5.41 Å². The number of carbonyl (C=O) groups is 1. The van der Waals surface area contributed by atoms with E-state index in [-0.39, 0.29) is 11.8 Å². The van der Waals surface area contributed by atoms with E-state index in [1.54, 1.807) is 6.07 Å². The molecule has 3 nitrogen and oxygen atoms in total. The SMILES string of the molecule is CCOC(=O)C1(c2nc3cc(F)ccc3s2)CCCC1. The highest BCUT2D eigenvalue weighted by Gasteiger charge is 2.46. The van der Waals surface area contributed by atoms with Crippen molar-refractivity contribution >= 4 is 27.5 Å². The van der Waals surface area contributed by atoms with Gasteiger partial charge in [0, 0.05) is 6.07 Å². The van der Waals surface area contributed by atoms with Gasteiger partial charge in [-0.1, -0.05) is 12.8 Å². The first-order valence-corrected chi connectivity index (χ1v) is 7.71. The van der Waals surface area contributed by atoms with Gasteiger partial charge in [-0.3, -0.25) is 4.79 Å². The summed E-state index contributed by atoms with van der Waals surface area (Å²) in [4.78, 5) is 16.9. The summed E-state index contributed by atoms with van der Waals surface area (Å²) >= 11 is 1.48. The first kappa shape index (κ1) is 13.5. The molecule has 1 saturated carbocycles. The molecule has 0 N–H and O–H groups in total. The minimum Gasteiger partial charge on any atom is -0.465 e. The number of esters is 1. The van der Waals surface area contributed by atoms with Crippen LogP contribution in [0.5, 0.6) is 0 Å². The maximum atomic E-state index is 13.3. The normalized spacial score (nSPS) is 17.5. The molecule has 1 aliphatic carbocycles. The summed E-state index contributed by atoms with van der Waals surface area (Å²) in [6.45, 7) is 2.19. The molecule has 1 aromatic carbocycles. The fraction of sp³-hybridized carbons (Fsp3) is 0.467. The Kier molecular flexibility index (Phi) is 3.46. The predicted octanol–water partition coefficient (Wildman–Crippen LogP) is 3.81. The molecule has 20 heavy (non-hydrogen) atoms. The summed E-state index contributed by atoms with van der Waals surface area (Å²) < 4.78 is 19.4. The number of rotatable bonds is 3. The van der Waals surface area contributed by atoms with E-state index in [2.05, 4.69) is 4.98 Å². The first-order valence-electron chi connectivity index (χ1n) is 6.89. The molecular weight excluding hydrogens is 277 g/mol. The van der Waals surface area contributed by atoms with E-state index in [1.807, 2.05) is 6.92 Å². The lowest BCUT2D eigenvalue weighted by Crippen LogP contribution is -2.34. The number of thiazole rings is 1. The molecular formula is C15H16FNO2S. The van der Waals surface area contributed by atoms with Crippen molar-refractivity contribution < 1.29 is 13.9 Å². The van der Waals surface area contributed by atoms with Gasteiger partial charge in [0.2, 0.25) is 0 Å². The summed E-state index contributed by atoms with van der Waals surface area (Å²) in [6.07, 6.45) is 3.55. The Morgan fingerprint density at radius 2 is 2.20 bits per heavy atom. The molecule has 0 radical (unpaired) electrons. The van der Waals surface area contributed by atoms with Crippen LogP contribution in [0, 0.1) is 5.82 Å². The van der Waals surface area contributed by atoms with E-state index in [9.17, 15) is 9.18 Å². The zero-order chi connectivity index (χ0) is 14.2. The van der Waals surface area contributed by atoms with Gasteiger partial charge in [0.05, 0.1) is 16.8 Å². The van der Waals surface area contributed by atoms with Crippen molar-refractivity contribution in [1.29, 1.82) is 0 Å². The third-order valence-electron chi connectivity index (χ3n) is 3.88. The quantitative estimate of drug-likeness (QED) is 0.808. The molecule has 106 valence electrons. The van der Waals surface area contributed by atoms with Crippen LogP contribution >= 0.6 is 11.3 Å². The van der Waals surface area contributed by atoms with Crippen molar-refractivity contribution in [2.45, 2.75) is 38.0 Å². The van der Waals surface area contributed by atoms with Gasteiger partial charge < -0.3 is 4.74 Å². The Morgan fingerprint density at radius 3 is 2.90 bits per heavy atom. The average Bonchev–Trinajstić information content (AvgIpc) is 3.05. The summed E-state index contributed by atoms with van der Waals surface area (Å²) in [5, 5.41) is 0.772. The molecule has 1 aromatic heterocycles. The van der Waals surface area contributed by atoms with Gasteiger partial charge in [0.1, 0.15) is 16.2 Å². The highest BCUT2D eigenvalue weighted by atomic mass is 32.1. The fourth-order valence-electron chi connectivity index (χ4n) is 2.86. The van der Waals surface area contributed by atoms with Gasteiger partial charge >= 0.3 is 5.97 Å². The third-order valence-corrected chi connectivity index (χ3v) is 5.12. The van der Waals surface area contributed by atoms with Gasteiger partial charge in [-0.15, -0.1) is 11.3 Å². The molecule has 1 fully saturated rings. The molecule has 5 heteroatoms. The van der Waals surface area contributed by atoms with Crippen LogP contribution in [0.15, 0.2) is 18.2 Å². The van der Waals surface area contributed by atoms with E-state index >= 15 is 0 Å². The van der Waals surface area contributed by atoms with Crippen LogP contribution in [0.3, 0.4) is 0 Å². The number of nitrogens with zero attached hydrogens (tertiary/aromatic N) is 1. The molecule has 0 atom stereocenters. The number of fused-ring (bicyclic) bond motifs is 1. The Hall–Kier alpha value is -1.49. The van der Waals surface area contributed by atoms with Gasteiger partial charge in [-0.05, 0) is 31.9 Å². The lowest BCUT2D eigenvalue weighted by atomic mass is 9.87. The molecule has 0 bridgehead atoms. The predicted molar refractivity (Wildman–Crippen MR) is 76.4 cm³/mol. The van der Waals surface area contributed by atoms with Gasteiger partial charge in [-0.25, -0.2) is 9.37 Å². The lowest BCUT2D eigenvalue weighted by molar-refractivity contribution is -0.150. The second-order valence-electron chi connectivity index (χ2n) is 5.14. The minimum absolute atomic E-state index is 0.183. The third kappa shape index (κ3) is 2.10. The monoisotopic (exact) mass is 293 g/mol. The molecule has 0 unspecified atom stereocenters. The van der Waals surface area contributed by atoms with Gasteiger partial charge in [0.15, 0.2) is 0 Å². The maximum Gasteiger partial charge on any atom is 0.319 e. The Morgan fingerprint density at radius 1 is 1.45 bits per heavy atom. The molecule has 1 aliphatic rings. The Bertz CT molecular complexity index is 646.